The van der Waals surface area contributed by atoms with Crippen molar-refractivity contribution in [2.24, 2.45) is 0 Å². The molecule has 0 aliphatic heterocycles. The van der Waals surface area contributed by atoms with E-state index in [1.807, 2.05) is 12.1 Å². The van der Waals surface area contributed by atoms with Gasteiger partial charge in [0.25, 0.3) is 0 Å². The third-order valence-corrected chi connectivity index (χ3v) is 2.63. The van der Waals surface area contributed by atoms with E-state index in [0.717, 1.165) is 22.2 Å². The summed E-state index contributed by atoms with van der Waals surface area (Å²) in [5, 5.41) is 9.27. The van der Waals surface area contributed by atoms with Crippen molar-refractivity contribution in [1.82, 2.24) is 29.2 Å². The van der Waals surface area contributed by atoms with E-state index in [0.29, 0.717) is 0 Å². The van der Waals surface area contributed by atoms with E-state index in [9.17, 15) is 0 Å². The number of aromatic nitrogens is 6. The molecular weight excluding hydrogens is 204 g/mol. The fourth-order valence-electron chi connectivity index (χ4n) is 1.89. The molecule has 16 heavy (non-hydrogen) atoms. The fraction of sp³-hybridized carbons (Fsp3) is 0. The maximum atomic E-state index is 4.34. The molecule has 6 nitrogen and oxygen atoms in total. The second-order valence-corrected chi connectivity index (χ2v) is 3.50. The Morgan fingerprint density at radius 2 is 1.94 bits per heavy atom. The van der Waals surface area contributed by atoms with Crippen LogP contribution in [0.1, 0.15) is 0 Å². The van der Waals surface area contributed by atoms with Crippen molar-refractivity contribution in [3.05, 3.63) is 37.1 Å². The lowest BCUT2D eigenvalue weighted by molar-refractivity contribution is 0.906. The van der Waals surface area contributed by atoms with E-state index in [1.165, 1.54) is 0 Å². The Bertz CT molecular complexity index is 742. The van der Waals surface area contributed by atoms with Crippen LogP contribution in [0.5, 0.6) is 0 Å². The number of hydrogen-bond donors (Lipinski definition) is 0. The Balaban J connectivity index is 2.38. The third-order valence-electron chi connectivity index (χ3n) is 2.63. The summed E-state index contributed by atoms with van der Waals surface area (Å²) in [5.41, 5.74) is 2.57. The average Bonchev–Trinajstić information content (AvgIpc) is 2.96. The third kappa shape index (κ3) is 0.813. The second kappa shape index (κ2) is 2.54. The summed E-state index contributed by atoms with van der Waals surface area (Å²) in [6.07, 6.45) is 6.93. The van der Waals surface area contributed by atoms with Gasteiger partial charge in [-0.05, 0) is 6.07 Å². The molecule has 0 aliphatic carbocycles. The molecule has 6 heteroatoms. The Hall–Kier alpha value is -2.50. The van der Waals surface area contributed by atoms with Crippen molar-refractivity contribution in [3.63, 3.8) is 0 Å². The summed E-state index contributed by atoms with van der Waals surface area (Å²) in [6, 6.07) is 3.78. The Kier molecular flexibility index (Phi) is 1.23. The van der Waals surface area contributed by atoms with Gasteiger partial charge in [0.1, 0.15) is 6.33 Å². The van der Waals surface area contributed by atoms with Gasteiger partial charge in [-0.2, -0.15) is 14.7 Å². The highest BCUT2D eigenvalue weighted by atomic mass is 15.3. The molecule has 0 saturated carbocycles. The molecule has 0 saturated heterocycles. The predicted octanol–water partition coefficient (Wildman–Crippen LogP) is 0.925. The molecule has 0 N–H and O–H groups in total. The summed E-state index contributed by atoms with van der Waals surface area (Å²) in [7, 11) is 0. The highest BCUT2D eigenvalue weighted by Gasteiger charge is 2.06. The van der Waals surface area contributed by atoms with Crippen LogP contribution in [0.25, 0.3) is 22.2 Å². The van der Waals surface area contributed by atoms with Gasteiger partial charge in [0.2, 0.25) is 0 Å². The zero-order valence-electron chi connectivity index (χ0n) is 8.15. The first-order valence-electron chi connectivity index (χ1n) is 4.84. The van der Waals surface area contributed by atoms with Gasteiger partial charge in [-0.3, -0.25) is 0 Å². The van der Waals surface area contributed by atoms with Crippen molar-refractivity contribution in [1.29, 1.82) is 0 Å². The quantitative estimate of drug-likeness (QED) is 0.433. The number of rotatable bonds is 0. The van der Waals surface area contributed by atoms with Crippen molar-refractivity contribution in [2.45, 2.75) is 0 Å². The van der Waals surface area contributed by atoms with E-state index in [2.05, 4.69) is 20.2 Å². The number of nitrogens with zero attached hydrogens (tertiary/aromatic N) is 6. The molecule has 0 spiro atoms. The summed E-state index contributed by atoms with van der Waals surface area (Å²) in [4.78, 5) is 8.66. The van der Waals surface area contributed by atoms with Crippen LogP contribution >= 0.6 is 0 Å². The van der Waals surface area contributed by atoms with Crippen LogP contribution in [-0.4, -0.2) is 29.2 Å². The summed E-state index contributed by atoms with van der Waals surface area (Å²) < 4.78 is 3.45. The van der Waals surface area contributed by atoms with Crippen LogP contribution < -0.4 is 0 Å². The van der Waals surface area contributed by atoms with E-state index in [4.69, 9.17) is 0 Å². The van der Waals surface area contributed by atoms with Crippen LogP contribution in [0.15, 0.2) is 37.1 Å². The standard InChI is InChI=1S/C10H6N6/c1-3-13-15-6-12-10-7(8(1)15)5-11-9-2-4-14-16(9)10/h1-6H. The van der Waals surface area contributed by atoms with Crippen LogP contribution in [0.4, 0.5) is 0 Å². The maximum absolute atomic E-state index is 4.34. The molecule has 0 bridgehead atoms. The van der Waals surface area contributed by atoms with Gasteiger partial charge in [0.05, 0.1) is 23.3 Å². The SMILES string of the molecule is c1cc2c3cnc4ccnn4c3ncn2n1. The average molecular weight is 210 g/mol. The second-order valence-electron chi connectivity index (χ2n) is 3.50. The summed E-state index contributed by atoms with van der Waals surface area (Å²) in [6.45, 7) is 0. The van der Waals surface area contributed by atoms with E-state index in [1.54, 1.807) is 33.9 Å². The normalized spacial score (nSPS) is 11.8. The van der Waals surface area contributed by atoms with Crippen molar-refractivity contribution >= 4 is 22.2 Å². The smallest absolute Gasteiger partial charge is 0.168 e. The molecule has 4 rings (SSSR count). The first-order valence-corrected chi connectivity index (χ1v) is 4.84. The molecule has 0 amide bonds. The van der Waals surface area contributed by atoms with Gasteiger partial charge in [-0.1, -0.05) is 0 Å². The molecule has 4 heterocycles. The predicted molar refractivity (Wildman–Crippen MR) is 57.0 cm³/mol. The molecule has 4 aromatic rings. The fourth-order valence-corrected chi connectivity index (χ4v) is 1.89. The highest BCUT2D eigenvalue weighted by molar-refractivity contribution is 5.91. The topological polar surface area (TPSA) is 60.4 Å². The summed E-state index contributed by atoms with van der Waals surface area (Å²) in [5.74, 6) is 0. The minimum Gasteiger partial charge on any atom is -0.236 e. The molecule has 0 atom stereocenters. The van der Waals surface area contributed by atoms with E-state index < -0.39 is 0 Å². The van der Waals surface area contributed by atoms with Crippen molar-refractivity contribution in [2.75, 3.05) is 0 Å². The van der Waals surface area contributed by atoms with Gasteiger partial charge in [-0.25, -0.2) is 14.5 Å². The first-order chi connectivity index (χ1) is 7.93. The number of hydrogen-bond acceptors (Lipinski definition) is 4. The molecule has 0 radical (unpaired) electrons. The molecule has 0 aromatic carbocycles. The van der Waals surface area contributed by atoms with Crippen LogP contribution in [0.2, 0.25) is 0 Å². The highest BCUT2D eigenvalue weighted by Crippen LogP contribution is 2.16. The maximum Gasteiger partial charge on any atom is 0.168 e. The molecule has 0 aliphatic rings. The van der Waals surface area contributed by atoms with Gasteiger partial charge < -0.3 is 0 Å². The van der Waals surface area contributed by atoms with Crippen LogP contribution in [0, 0.1) is 0 Å². The minimum absolute atomic E-state index is 0.794. The molecule has 0 unspecified atom stereocenters. The molecule has 76 valence electrons. The monoisotopic (exact) mass is 210 g/mol. The Morgan fingerprint density at radius 1 is 1.00 bits per heavy atom. The van der Waals surface area contributed by atoms with Crippen LogP contribution in [0.3, 0.4) is 0 Å². The molecular formula is C10H6N6. The van der Waals surface area contributed by atoms with E-state index in [-0.39, 0.29) is 0 Å². The van der Waals surface area contributed by atoms with Crippen molar-refractivity contribution < 1.29 is 0 Å². The lowest BCUT2D eigenvalue weighted by Gasteiger charge is -2.01. The van der Waals surface area contributed by atoms with Crippen LogP contribution in [-0.2, 0) is 0 Å². The summed E-state index contributed by atoms with van der Waals surface area (Å²) >= 11 is 0. The van der Waals surface area contributed by atoms with Gasteiger partial charge in [0.15, 0.2) is 11.3 Å². The van der Waals surface area contributed by atoms with Gasteiger partial charge in [-0.15, -0.1) is 0 Å². The van der Waals surface area contributed by atoms with Gasteiger partial charge in [0, 0.05) is 12.3 Å². The van der Waals surface area contributed by atoms with Crippen molar-refractivity contribution in [3.8, 4) is 0 Å². The lowest BCUT2D eigenvalue weighted by Crippen LogP contribution is -1.98. The zero-order chi connectivity index (χ0) is 10.5. The van der Waals surface area contributed by atoms with Gasteiger partial charge >= 0.3 is 0 Å². The Labute approximate surface area is 89.2 Å². The molecule has 4 aromatic heterocycles. The Morgan fingerprint density at radius 3 is 2.94 bits per heavy atom. The first kappa shape index (κ1) is 7.75. The number of fused-ring (bicyclic) bond motifs is 5. The minimum atomic E-state index is 0.794. The van der Waals surface area contributed by atoms with E-state index >= 15 is 0 Å². The lowest BCUT2D eigenvalue weighted by atomic mass is 10.3. The molecule has 0 fully saturated rings. The zero-order valence-corrected chi connectivity index (χ0v) is 8.15. The largest absolute Gasteiger partial charge is 0.236 e.